The molecule has 1 aromatic rings. The topological polar surface area (TPSA) is 96.5 Å². The van der Waals surface area contributed by atoms with Gasteiger partial charge in [0.05, 0.1) is 11.7 Å². The summed E-state index contributed by atoms with van der Waals surface area (Å²) in [5.74, 6) is -1.14. The first-order valence-electron chi connectivity index (χ1n) is 14.5. The highest BCUT2D eigenvalue weighted by atomic mass is 16.6. The van der Waals surface area contributed by atoms with Crippen LogP contribution in [0.3, 0.4) is 0 Å². The number of amides is 4. The van der Waals surface area contributed by atoms with E-state index in [1.807, 2.05) is 45.0 Å². The number of piperazine rings is 1. The van der Waals surface area contributed by atoms with Crippen LogP contribution in [0.5, 0.6) is 0 Å². The number of piperidine rings is 2. The fraction of sp³-hybridized carbons (Fsp3) is 0.677. The van der Waals surface area contributed by atoms with Gasteiger partial charge in [-0.15, -0.1) is 0 Å². The summed E-state index contributed by atoms with van der Waals surface area (Å²) in [6.45, 7) is 15.5. The van der Waals surface area contributed by atoms with Crippen molar-refractivity contribution in [1.82, 2.24) is 9.80 Å². The predicted octanol–water partition coefficient (Wildman–Crippen LogP) is 5.22. The summed E-state index contributed by atoms with van der Waals surface area (Å²) in [7, 11) is 0. The van der Waals surface area contributed by atoms with E-state index >= 15 is 0 Å². The van der Waals surface area contributed by atoms with Crippen LogP contribution in [0.2, 0.25) is 0 Å². The first-order valence-corrected chi connectivity index (χ1v) is 14.5. The van der Waals surface area contributed by atoms with Crippen LogP contribution >= 0.6 is 0 Å². The van der Waals surface area contributed by atoms with Crippen LogP contribution < -0.4 is 4.90 Å². The quantitative estimate of drug-likeness (QED) is 0.439. The lowest BCUT2D eigenvalue weighted by atomic mass is 9.47. The molecule has 9 nitrogen and oxygen atoms in total. The number of hydrogen-bond donors (Lipinski definition) is 0. The largest absolute Gasteiger partial charge is 0.443 e. The normalized spacial score (nSPS) is 33.8. The molecule has 2 spiro atoms. The van der Waals surface area contributed by atoms with Crippen molar-refractivity contribution in [2.45, 2.75) is 115 Å². The Kier molecular flexibility index (Phi) is 5.42. The Labute approximate surface area is 236 Å². The van der Waals surface area contributed by atoms with Gasteiger partial charge in [-0.1, -0.05) is 32.0 Å². The molecule has 2 bridgehead atoms. The third-order valence-electron chi connectivity index (χ3n) is 9.84. The van der Waals surface area contributed by atoms with Crippen LogP contribution in [0, 0.1) is 11.3 Å². The Morgan fingerprint density at radius 1 is 0.900 bits per heavy atom. The molecule has 0 N–H and O–H groups in total. The smallest absolute Gasteiger partial charge is 0.418 e. The minimum absolute atomic E-state index is 0.161. The number of carbonyl (C=O) groups excluding carboxylic acids is 4. The second-order valence-corrected chi connectivity index (χ2v) is 14.9. The number of rotatable bonds is 0. The lowest BCUT2D eigenvalue weighted by Gasteiger charge is -2.69. The van der Waals surface area contributed by atoms with Gasteiger partial charge >= 0.3 is 12.2 Å². The van der Waals surface area contributed by atoms with Gasteiger partial charge in [0.1, 0.15) is 22.3 Å². The number of anilines is 1. The van der Waals surface area contributed by atoms with Crippen molar-refractivity contribution in [1.29, 1.82) is 0 Å². The number of benzene rings is 1. The van der Waals surface area contributed by atoms with Crippen molar-refractivity contribution < 1.29 is 28.7 Å². The van der Waals surface area contributed by atoms with Crippen LogP contribution in [-0.2, 0) is 19.1 Å². The fourth-order valence-corrected chi connectivity index (χ4v) is 8.64. The molecule has 0 unspecified atom stereocenters. The van der Waals surface area contributed by atoms with Crippen molar-refractivity contribution in [3.63, 3.8) is 0 Å². The molecule has 4 saturated heterocycles. The van der Waals surface area contributed by atoms with E-state index in [0.717, 1.165) is 11.3 Å². The van der Waals surface area contributed by atoms with E-state index in [-0.39, 0.29) is 36.1 Å². The summed E-state index contributed by atoms with van der Waals surface area (Å²) in [5, 5.41) is 0. The highest BCUT2D eigenvalue weighted by Gasteiger charge is 2.79. The van der Waals surface area contributed by atoms with Gasteiger partial charge in [-0.05, 0) is 84.3 Å². The van der Waals surface area contributed by atoms with E-state index < -0.39 is 39.9 Å². The Morgan fingerprint density at radius 2 is 1.52 bits per heavy atom. The van der Waals surface area contributed by atoms with E-state index in [9.17, 15) is 19.2 Å². The molecular weight excluding hydrogens is 510 g/mol. The zero-order valence-corrected chi connectivity index (χ0v) is 24.9. The Bertz CT molecular complexity index is 1320. The number of para-hydroxylation sites is 1. The van der Waals surface area contributed by atoms with E-state index in [1.54, 1.807) is 30.6 Å². The van der Waals surface area contributed by atoms with Crippen LogP contribution in [0.4, 0.5) is 15.3 Å². The number of fused-ring (bicyclic) bond motifs is 4. The molecule has 7 rings (SSSR count). The molecule has 4 amide bonds. The van der Waals surface area contributed by atoms with Gasteiger partial charge < -0.3 is 14.4 Å². The molecule has 1 aliphatic carbocycles. The molecule has 9 heteroatoms. The first kappa shape index (κ1) is 27.1. The maximum atomic E-state index is 14.7. The monoisotopic (exact) mass is 551 g/mol. The third-order valence-corrected chi connectivity index (χ3v) is 9.84. The molecule has 40 heavy (non-hydrogen) atoms. The highest BCUT2D eigenvalue weighted by Crippen LogP contribution is 2.68. The van der Waals surface area contributed by atoms with E-state index in [1.165, 1.54) is 4.90 Å². The zero-order valence-electron chi connectivity index (χ0n) is 24.9. The minimum Gasteiger partial charge on any atom is -0.443 e. The Hall–Kier alpha value is -3.10. The van der Waals surface area contributed by atoms with Crippen molar-refractivity contribution in [2.24, 2.45) is 11.3 Å². The number of nitrogens with zero attached hydrogens (tertiary/aromatic N) is 3. The maximum Gasteiger partial charge on any atom is 0.418 e. The number of ether oxygens (including phenoxy) is 2. The van der Waals surface area contributed by atoms with Gasteiger partial charge in [-0.25, -0.2) is 14.5 Å². The highest BCUT2D eigenvalue weighted by molar-refractivity contribution is 6.11. The molecule has 1 saturated carbocycles. The van der Waals surface area contributed by atoms with Gasteiger partial charge in [0.2, 0.25) is 5.91 Å². The Morgan fingerprint density at radius 3 is 2.17 bits per heavy atom. The summed E-state index contributed by atoms with van der Waals surface area (Å²) in [6, 6.07) is 7.41. The zero-order chi connectivity index (χ0) is 29.2. The molecule has 5 aliphatic heterocycles. The third kappa shape index (κ3) is 3.38. The first-order chi connectivity index (χ1) is 18.5. The molecule has 216 valence electrons. The molecule has 0 radical (unpaired) electrons. The van der Waals surface area contributed by atoms with Crippen LogP contribution in [0.1, 0.15) is 92.6 Å². The van der Waals surface area contributed by atoms with Gasteiger partial charge in [-0.3, -0.25) is 14.5 Å². The molecular formula is C31H41N3O6. The number of imide groups is 1. The van der Waals surface area contributed by atoms with Gasteiger partial charge in [-0.2, -0.15) is 0 Å². The summed E-state index contributed by atoms with van der Waals surface area (Å²) < 4.78 is 11.7. The summed E-state index contributed by atoms with van der Waals surface area (Å²) in [6.07, 6.45) is 0.742. The minimum atomic E-state index is -1.40. The maximum absolute atomic E-state index is 14.7. The second kappa shape index (κ2) is 8.01. The average molecular weight is 552 g/mol. The SMILES string of the molecule is CC(C)(C)OC(=O)N1c2ccccc2[C@H]2C[C@]34C(=O)N5CCC[C@@]5(C[C@H]3C(C)(C)[C@H]21)C(=O)N4C(=O)OC(C)(C)C. The van der Waals surface area contributed by atoms with Gasteiger partial charge in [0.15, 0.2) is 0 Å². The van der Waals surface area contributed by atoms with E-state index in [0.29, 0.717) is 25.8 Å². The van der Waals surface area contributed by atoms with E-state index in [4.69, 9.17) is 9.47 Å². The molecule has 1 aromatic carbocycles. The molecule has 5 atom stereocenters. The van der Waals surface area contributed by atoms with Gasteiger partial charge in [0.25, 0.3) is 5.91 Å². The summed E-state index contributed by atoms with van der Waals surface area (Å²) in [4.78, 5) is 61.4. The van der Waals surface area contributed by atoms with Crippen LogP contribution in [0.15, 0.2) is 24.3 Å². The molecule has 5 heterocycles. The lowest BCUT2D eigenvalue weighted by molar-refractivity contribution is -0.211. The predicted molar refractivity (Wildman–Crippen MR) is 148 cm³/mol. The average Bonchev–Trinajstić information content (AvgIpc) is 3.39. The molecule has 6 aliphatic rings. The Balaban J connectivity index is 1.54. The van der Waals surface area contributed by atoms with E-state index in [2.05, 4.69) is 13.8 Å². The summed E-state index contributed by atoms with van der Waals surface area (Å²) >= 11 is 0. The van der Waals surface area contributed by atoms with Crippen molar-refractivity contribution in [2.75, 3.05) is 11.4 Å². The summed E-state index contributed by atoms with van der Waals surface area (Å²) in [5.41, 5.74) is -2.96. The molecule has 5 fully saturated rings. The van der Waals surface area contributed by atoms with Crippen molar-refractivity contribution >= 4 is 29.7 Å². The lowest BCUT2D eigenvalue weighted by Crippen LogP contribution is -2.86. The second-order valence-electron chi connectivity index (χ2n) is 14.9. The standard InChI is InChI=1S/C31H41N3O6/c1-27(2,3)39-25(37)33-20-13-10-9-12-18(20)19-16-31-21(29(7,8)22(19)33)17-30(14-11-15-32(30)24(31)36)23(35)34(31)26(38)40-28(4,5)6/h9-10,12-13,19,21-22H,11,14-17H2,1-8H3/t19-,21+,22+,30-,31-/m1/s1. The fourth-order valence-electron chi connectivity index (χ4n) is 8.64. The number of hydrogen-bond acceptors (Lipinski definition) is 6. The van der Waals surface area contributed by atoms with Crippen molar-refractivity contribution in [3.8, 4) is 0 Å². The van der Waals surface area contributed by atoms with Crippen LogP contribution in [0.25, 0.3) is 0 Å². The van der Waals surface area contributed by atoms with Crippen molar-refractivity contribution in [3.05, 3.63) is 29.8 Å². The van der Waals surface area contributed by atoms with Crippen LogP contribution in [-0.4, -0.2) is 68.7 Å². The van der Waals surface area contributed by atoms with Gasteiger partial charge in [0, 0.05) is 18.4 Å². The number of carbonyl (C=O) groups is 4. The molecule has 0 aromatic heterocycles.